The first-order valence-electron chi connectivity index (χ1n) is 9.41. The number of amides is 2. The van der Waals surface area contributed by atoms with Crippen LogP contribution in [0.5, 0.6) is 0 Å². The van der Waals surface area contributed by atoms with Crippen LogP contribution in [0.25, 0.3) is 0 Å². The molecule has 1 atom stereocenters. The van der Waals surface area contributed by atoms with E-state index < -0.39 is 0 Å². The topological polar surface area (TPSA) is 40.6 Å². The highest BCUT2D eigenvalue weighted by Gasteiger charge is 2.31. The summed E-state index contributed by atoms with van der Waals surface area (Å²) in [6.07, 6.45) is 0.845. The average Bonchev–Trinajstić information content (AvgIpc) is 3.08. The van der Waals surface area contributed by atoms with Crippen LogP contribution in [0.4, 0.5) is 11.4 Å². The number of anilines is 2. The number of fused-ring (bicyclic) bond motifs is 1. The number of para-hydroxylation sites is 2. The lowest BCUT2D eigenvalue weighted by Crippen LogP contribution is -2.36. The van der Waals surface area contributed by atoms with Gasteiger partial charge >= 0.3 is 0 Å². The maximum atomic E-state index is 13.2. The van der Waals surface area contributed by atoms with Gasteiger partial charge in [-0.05, 0) is 55.3 Å². The molecule has 1 aliphatic heterocycles. The normalized spacial score (nSPS) is 15.2. The summed E-state index contributed by atoms with van der Waals surface area (Å²) in [5.41, 5.74) is 3.97. The summed E-state index contributed by atoms with van der Waals surface area (Å²) in [7, 11) is 1.74. The lowest BCUT2D eigenvalue weighted by atomic mass is 10.1. The number of hydrogen-bond acceptors (Lipinski definition) is 2. The fraction of sp³-hybridized carbons (Fsp3) is 0.167. The molecule has 2 amide bonds. The zero-order valence-electron chi connectivity index (χ0n) is 16.0. The molecule has 0 aromatic heterocycles. The molecule has 3 aromatic rings. The molecular formula is C24H22N2O2. The van der Waals surface area contributed by atoms with E-state index in [1.54, 1.807) is 36.2 Å². The number of carbonyl (C=O) groups excluding carboxylic acids is 2. The summed E-state index contributed by atoms with van der Waals surface area (Å²) in [6, 6.07) is 24.5. The van der Waals surface area contributed by atoms with Crippen molar-refractivity contribution in [2.45, 2.75) is 19.4 Å². The smallest absolute Gasteiger partial charge is 0.258 e. The SMILES string of the molecule is CC1Cc2ccccc2N1C(=O)c1cccc(C(=O)N(C)c2ccccc2)c1. The molecule has 0 saturated heterocycles. The van der Waals surface area contributed by atoms with Gasteiger partial charge in [-0.15, -0.1) is 0 Å². The Morgan fingerprint density at radius 3 is 2.36 bits per heavy atom. The second-order valence-electron chi connectivity index (χ2n) is 7.14. The fourth-order valence-electron chi connectivity index (χ4n) is 3.76. The van der Waals surface area contributed by atoms with Crippen molar-refractivity contribution in [2.24, 2.45) is 0 Å². The van der Waals surface area contributed by atoms with E-state index in [-0.39, 0.29) is 17.9 Å². The minimum absolute atomic E-state index is 0.0746. The first-order chi connectivity index (χ1) is 13.6. The quantitative estimate of drug-likeness (QED) is 0.678. The average molecular weight is 370 g/mol. The Morgan fingerprint density at radius 1 is 0.893 bits per heavy atom. The maximum Gasteiger partial charge on any atom is 0.258 e. The van der Waals surface area contributed by atoms with Crippen LogP contribution in [0.3, 0.4) is 0 Å². The van der Waals surface area contributed by atoms with Crippen molar-refractivity contribution in [3.8, 4) is 0 Å². The Hall–Kier alpha value is -3.40. The van der Waals surface area contributed by atoms with Gasteiger partial charge < -0.3 is 9.80 Å². The summed E-state index contributed by atoms with van der Waals surface area (Å²) in [4.78, 5) is 29.6. The van der Waals surface area contributed by atoms with Gasteiger partial charge in [0.05, 0.1) is 0 Å². The van der Waals surface area contributed by atoms with Crippen LogP contribution < -0.4 is 9.80 Å². The lowest BCUT2D eigenvalue weighted by Gasteiger charge is -2.23. The van der Waals surface area contributed by atoms with E-state index in [2.05, 4.69) is 13.0 Å². The van der Waals surface area contributed by atoms with Crippen LogP contribution in [-0.2, 0) is 6.42 Å². The molecule has 1 aliphatic rings. The maximum absolute atomic E-state index is 13.2. The molecule has 4 rings (SSSR count). The van der Waals surface area contributed by atoms with Crippen LogP contribution in [0.1, 0.15) is 33.2 Å². The van der Waals surface area contributed by atoms with E-state index >= 15 is 0 Å². The van der Waals surface area contributed by atoms with Crippen LogP contribution in [-0.4, -0.2) is 24.9 Å². The Balaban J connectivity index is 1.62. The fourth-order valence-corrected chi connectivity index (χ4v) is 3.76. The largest absolute Gasteiger partial charge is 0.311 e. The molecule has 1 heterocycles. The van der Waals surface area contributed by atoms with E-state index in [4.69, 9.17) is 0 Å². The standard InChI is InChI=1S/C24H22N2O2/c1-17-15-18-9-6-7-14-22(18)26(17)24(28)20-11-8-10-19(16-20)23(27)25(2)21-12-4-3-5-13-21/h3-14,16-17H,15H2,1-2H3. The lowest BCUT2D eigenvalue weighted by molar-refractivity contribution is 0.0981. The third-order valence-corrected chi connectivity index (χ3v) is 5.23. The van der Waals surface area contributed by atoms with Crippen molar-refractivity contribution in [3.05, 3.63) is 95.6 Å². The number of carbonyl (C=O) groups is 2. The minimum atomic E-state index is -0.143. The monoisotopic (exact) mass is 370 g/mol. The molecule has 0 N–H and O–H groups in total. The Morgan fingerprint density at radius 2 is 1.57 bits per heavy atom. The summed E-state index contributed by atoms with van der Waals surface area (Å²) in [5.74, 6) is -0.217. The van der Waals surface area contributed by atoms with Gasteiger partial charge in [0.2, 0.25) is 0 Å². The van der Waals surface area contributed by atoms with Crippen LogP contribution in [0.2, 0.25) is 0 Å². The Bertz CT molecular complexity index is 1030. The van der Waals surface area contributed by atoms with Crippen molar-refractivity contribution in [1.82, 2.24) is 0 Å². The summed E-state index contributed by atoms with van der Waals surface area (Å²) in [6.45, 7) is 2.05. The van der Waals surface area contributed by atoms with Crippen LogP contribution in [0, 0.1) is 0 Å². The minimum Gasteiger partial charge on any atom is -0.311 e. The van der Waals surface area contributed by atoms with Crippen LogP contribution in [0.15, 0.2) is 78.9 Å². The highest BCUT2D eigenvalue weighted by molar-refractivity contribution is 6.11. The first-order valence-corrected chi connectivity index (χ1v) is 9.41. The molecule has 0 bridgehead atoms. The summed E-state index contributed by atoms with van der Waals surface area (Å²) < 4.78 is 0. The number of benzene rings is 3. The third-order valence-electron chi connectivity index (χ3n) is 5.23. The van der Waals surface area contributed by atoms with Gasteiger partial charge in [0.15, 0.2) is 0 Å². The molecule has 0 radical (unpaired) electrons. The molecule has 140 valence electrons. The molecule has 0 saturated carbocycles. The molecule has 3 aromatic carbocycles. The predicted octanol–water partition coefficient (Wildman–Crippen LogP) is 4.55. The highest BCUT2D eigenvalue weighted by Crippen LogP contribution is 2.33. The number of rotatable bonds is 3. The van der Waals surface area contributed by atoms with Gasteiger partial charge in [-0.2, -0.15) is 0 Å². The van der Waals surface area contributed by atoms with Crippen molar-refractivity contribution < 1.29 is 9.59 Å². The predicted molar refractivity (Wildman–Crippen MR) is 112 cm³/mol. The molecule has 4 heteroatoms. The summed E-state index contributed by atoms with van der Waals surface area (Å²) >= 11 is 0. The van der Waals surface area contributed by atoms with E-state index in [1.165, 1.54) is 5.56 Å². The van der Waals surface area contributed by atoms with Gasteiger partial charge in [0, 0.05) is 35.6 Å². The van der Waals surface area contributed by atoms with E-state index in [1.807, 2.05) is 53.4 Å². The zero-order valence-corrected chi connectivity index (χ0v) is 16.0. The molecule has 0 spiro atoms. The molecule has 1 unspecified atom stereocenters. The van der Waals surface area contributed by atoms with Crippen LogP contribution >= 0.6 is 0 Å². The second kappa shape index (κ2) is 7.31. The van der Waals surface area contributed by atoms with Crippen molar-refractivity contribution in [1.29, 1.82) is 0 Å². The van der Waals surface area contributed by atoms with Gasteiger partial charge in [-0.25, -0.2) is 0 Å². The van der Waals surface area contributed by atoms with Crippen molar-refractivity contribution >= 4 is 23.2 Å². The molecular weight excluding hydrogens is 348 g/mol. The van der Waals surface area contributed by atoms with Gasteiger partial charge in [-0.1, -0.05) is 42.5 Å². The zero-order chi connectivity index (χ0) is 19.7. The van der Waals surface area contributed by atoms with Gasteiger partial charge in [0.25, 0.3) is 11.8 Å². The molecule has 0 aliphatic carbocycles. The second-order valence-corrected chi connectivity index (χ2v) is 7.14. The van der Waals surface area contributed by atoms with E-state index in [0.29, 0.717) is 11.1 Å². The van der Waals surface area contributed by atoms with Crippen molar-refractivity contribution in [2.75, 3.05) is 16.8 Å². The highest BCUT2D eigenvalue weighted by atomic mass is 16.2. The Labute approximate surface area is 165 Å². The van der Waals surface area contributed by atoms with Gasteiger partial charge in [-0.3, -0.25) is 9.59 Å². The van der Waals surface area contributed by atoms with E-state index in [0.717, 1.165) is 17.8 Å². The first kappa shape index (κ1) is 18.0. The molecule has 28 heavy (non-hydrogen) atoms. The van der Waals surface area contributed by atoms with Gasteiger partial charge in [0.1, 0.15) is 0 Å². The molecule has 4 nitrogen and oxygen atoms in total. The Kier molecular flexibility index (Phi) is 4.70. The summed E-state index contributed by atoms with van der Waals surface area (Å²) in [5, 5.41) is 0. The third kappa shape index (κ3) is 3.18. The number of nitrogens with zero attached hydrogens (tertiary/aromatic N) is 2. The van der Waals surface area contributed by atoms with E-state index in [9.17, 15) is 9.59 Å². The number of hydrogen-bond donors (Lipinski definition) is 0. The van der Waals surface area contributed by atoms with Crippen molar-refractivity contribution in [3.63, 3.8) is 0 Å². The molecule has 0 fully saturated rings.